The second kappa shape index (κ2) is 7.77. The molecule has 2 aliphatic rings. The molecule has 0 aliphatic carbocycles. The highest BCUT2D eigenvalue weighted by molar-refractivity contribution is 7.71. The lowest BCUT2D eigenvalue weighted by Gasteiger charge is -2.27. The van der Waals surface area contributed by atoms with Crippen LogP contribution in [0.25, 0.3) is 11.5 Å². The number of carbonyl (C=O) groups is 1. The van der Waals surface area contributed by atoms with Crippen LogP contribution >= 0.6 is 12.2 Å². The molecule has 4 heterocycles. The molecule has 1 saturated heterocycles. The summed E-state index contributed by atoms with van der Waals surface area (Å²) in [6.07, 6.45) is 3.72. The molecule has 0 saturated carbocycles. The molecular weight excluding hydrogens is 414 g/mol. The predicted molar refractivity (Wildman–Crippen MR) is 120 cm³/mol. The molecular formula is C21H23N7O2S. The van der Waals surface area contributed by atoms with Gasteiger partial charge in [-0.1, -0.05) is 6.07 Å². The van der Waals surface area contributed by atoms with Crippen LogP contribution in [0.15, 0.2) is 34.9 Å². The number of rotatable bonds is 4. The van der Waals surface area contributed by atoms with E-state index in [2.05, 4.69) is 25.3 Å². The van der Waals surface area contributed by atoms with E-state index < -0.39 is 0 Å². The zero-order chi connectivity index (χ0) is 21.5. The van der Waals surface area contributed by atoms with E-state index in [1.807, 2.05) is 36.1 Å². The summed E-state index contributed by atoms with van der Waals surface area (Å²) in [7, 11) is 1.74. The molecule has 1 atom stereocenters. The second-order valence-corrected chi connectivity index (χ2v) is 8.06. The maximum absolute atomic E-state index is 13.6. The topological polar surface area (TPSA) is 92.3 Å². The first-order valence-electron chi connectivity index (χ1n) is 10.4. The molecule has 10 heteroatoms. The van der Waals surface area contributed by atoms with E-state index in [1.165, 1.54) is 4.68 Å². The van der Waals surface area contributed by atoms with E-state index in [4.69, 9.17) is 16.6 Å². The Hall–Kier alpha value is -3.27. The Bertz CT molecular complexity index is 1200. The average Bonchev–Trinajstić information content (AvgIpc) is 3.35. The summed E-state index contributed by atoms with van der Waals surface area (Å²) < 4.78 is 7.10. The van der Waals surface area contributed by atoms with Crippen molar-refractivity contribution in [1.82, 2.24) is 19.7 Å². The molecule has 1 amide bonds. The maximum atomic E-state index is 13.6. The SMILES string of the molecule is CCNc1ncc2c(n1)N1CCC[C@H]1CN(c1cccc(-c3nn(C)c(=S)o3)c1)C2=O. The average molecular weight is 438 g/mol. The van der Waals surface area contributed by atoms with Gasteiger partial charge in [0.1, 0.15) is 11.4 Å². The highest BCUT2D eigenvalue weighted by Gasteiger charge is 2.37. The van der Waals surface area contributed by atoms with E-state index in [0.717, 1.165) is 37.2 Å². The number of nitrogens with one attached hydrogen (secondary N) is 1. The number of fused-ring (bicyclic) bond motifs is 3. The third kappa shape index (κ3) is 3.46. The highest BCUT2D eigenvalue weighted by atomic mass is 32.1. The molecule has 2 aromatic heterocycles. The first-order valence-corrected chi connectivity index (χ1v) is 10.8. The standard InChI is InChI=1S/C21H23N7O2S/c1-3-22-20-23-11-16-17(24-20)27-9-5-8-15(27)12-28(19(16)29)14-7-4-6-13(10-14)18-25-26(2)21(31)30-18/h4,6-7,10-11,15H,3,5,8-9,12H2,1-2H3,(H,22,23,24)/t15-/m0/s1. The lowest BCUT2D eigenvalue weighted by Crippen LogP contribution is -2.39. The summed E-state index contributed by atoms with van der Waals surface area (Å²) in [4.78, 5) is 27.0. The van der Waals surface area contributed by atoms with Crippen molar-refractivity contribution in [2.45, 2.75) is 25.8 Å². The first kappa shape index (κ1) is 19.7. The molecule has 5 rings (SSSR count). The fourth-order valence-corrected chi connectivity index (χ4v) is 4.34. The van der Waals surface area contributed by atoms with Crippen molar-refractivity contribution in [2.24, 2.45) is 7.05 Å². The van der Waals surface area contributed by atoms with Gasteiger partial charge in [0.15, 0.2) is 0 Å². The number of benzene rings is 1. The van der Waals surface area contributed by atoms with Crippen LogP contribution in [0.1, 0.15) is 30.1 Å². The monoisotopic (exact) mass is 437 g/mol. The Kier molecular flexibility index (Phi) is 4.93. The third-order valence-electron chi connectivity index (χ3n) is 5.72. The Morgan fingerprint density at radius 1 is 1.35 bits per heavy atom. The number of hydrogen-bond acceptors (Lipinski definition) is 8. The van der Waals surface area contributed by atoms with Crippen molar-refractivity contribution in [3.05, 3.63) is 40.9 Å². The van der Waals surface area contributed by atoms with Crippen molar-refractivity contribution >= 4 is 35.6 Å². The van der Waals surface area contributed by atoms with Gasteiger partial charge < -0.3 is 19.5 Å². The molecule has 3 aromatic rings. The van der Waals surface area contributed by atoms with Gasteiger partial charge in [0.25, 0.3) is 10.7 Å². The molecule has 31 heavy (non-hydrogen) atoms. The van der Waals surface area contributed by atoms with Crippen LogP contribution in [0.2, 0.25) is 0 Å². The van der Waals surface area contributed by atoms with Gasteiger partial charge in [0.05, 0.1) is 0 Å². The lowest BCUT2D eigenvalue weighted by atomic mass is 10.1. The largest absolute Gasteiger partial charge is 0.409 e. The number of anilines is 3. The Labute approximate surface area is 184 Å². The molecule has 0 unspecified atom stereocenters. The summed E-state index contributed by atoms with van der Waals surface area (Å²) in [5, 5.41) is 7.47. The fraction of sp³-hybridized carbons (Fsp3) is 0.381. The van der Waals surface area contributed by atoms with Crippen molar-refractivity contribution < 1.29 is 9.21 Å². The zero-order valence-electron chi connectivity index (χ0n) is 17.4. The number of aromatic nitrogens is 4. The quantitative estimate of drug-likeness (QED) is 0.622. The first-order chi connectivity index (χ1) is 15.0. The normalized spacial score (nSPS) is 18.0. The van der Waals surface area contributed by atoms with Crippen LogP contribution in [0.3, 0.4) is 0 Å². The van der Waals surface area contributed by atoms with Gasteiger partial charge in [-0.2, -0.15) is 4.98 Å². The van der Waals surface area contributed by atoms with E-state index >= 15 is 0 Å². The lowest BCUT2D eigenvalue weighted by molar-refractivity contribution is 0.0988. The minimum atomic E-state index is -0.105. The van der Waals surface area contributed by atoms with Gasteiger partial charge in [0, 0.05) is 50.2 Å². The van der Waals surface area contributed by atoms with Crippen LogP contribution in [0.5, 0.6) is 0 Å². The Morgan fingerprint density at radius 3 is 3.00 bits per heavy atom. The molecule has 0 bridgehead atoms. The number of aryl methyl sites for hydroxylation is 1. The molecule has 0 spiro atoms. The number of nitrogens with zero attached hydrogens (tertiary/aromatic N) is 6. The van der Waals surface area contributed by atoms with Gasteiger partial charge in [-0.3, -0.25) is 4.79 Å². The van der Waals surface area contributed by atoms with Crippen molar-refractivity contribution in [3.63, 3.8) is 0 Å². The van der Waals surface area contributed by atoms with Crippen molar-refractivity contribution in [3.8, 4) is 11.5 Å². The second-order valence-electron chi connectivity index (χ2n) is 7.71. The van der Waals surface area contributed by atoms with Gasteiger partial charge in [-0.05, 0) is 50.2 Å². The Balaban J connectivity index is 1.56. The summed E-state index contributed by atoms with van der Waals surface area (Å²) in [5.74, 6) is 1.59. The molecule has 1 N–H and O–H groups in total. The zero-order valence-corrected chi connectivity index (χ0v) is 18.2. The minimum Gasteiger partial charge on any atom is -0.409 e. The molecule has 1 aromatic carbocycles. The molecule has 9 nitrogen and oxygen atoms in total. The number of carbonyl (C=O) groups excluding carboxylic acids is 1. The van der Waals surface area contributed by atoms with Gasteiger partial charge in [-0.25, -0.2) is 9.67 Å². The third-order valence-corrected chi connectivity index (χ3v) is 6.06. The molecule has 0 radical (unpaired) electrons. The highest BCUT2D eigenvalue weighted by Crippen LogP contribution is 2.35. The number of hydrogen-bond donors (Lipinski definition) is 1. The van der Waals surface area contributed by atoms with E-state index in [1.54, 1.807) is 13.2 Å². The smallest absolute Gasteiger partial charge is 0.287 e. The van der Waals surface area contributed by atoms with Crippen molar-refractivity contribution in [2.75, 3.05) is 34.8 Å². The van der Waals surface area contributed by atoms with Crippen molar-refractivity contribution in [1.29, 1.82) is 0 Å². The van der Waals surface area contributed by atoms with E-state index in [-0.39, 0.29) is 11.9 Å². The van der Waals surface area contributed by atoms with Crippen LogP contribution in [-0.4, -0.2) is 51.3 Å². The Morgan fingerprint density at radius 2 is 2.23 bits per heavy atom. The molecule has 1 fully saturated rings. The van der Waals surface area contributed by atoms with Crippen LogP contribution in [0.4, 0.5) is 17.5 Å². The van der Waals surface area contributed by atoms with Crippen LogP contribution < -0.4 is 15.1 Å². The van der Waals surface area contributed by atoms with Crippen LogP contribution in [-0.2, 0) is 7.05 Å². The van der Waals surface area contributed by atoms with Crippen LogP contribution in [0, 0.1) is 4.84 Å². The minimum absolute atomic E-state index is 0.105. The fourth-order valence-electron chi connectivity index (χ4n) is 4.22. The summed E-state index contributed by atoms with van der Waals surface area (Å²) in [6.45, 7) is 4.19. The summed E-state index contributed by atoms with van der Waals surface area (Å²) >= 11 is 5.14. The van der Waals surface area contributed by atoms with E-state index in [0.29, 0.717) is 34.6 Å². The molecule has 2 aliphatic heterocycles. The van der Waals surface area contributed by atoms with Gasteiger partial charge >= 0.3 is 0 Å². The maximum Gasteiger partial charge on any atom is 0.287 e. The van der Waals surface area contributed by atoms with Gasteiger partial charge in [0.2, 0.25) is 11.8 Å². The van der Waals surface area contributed by atoms with E-state index in [9.17, 15) is 4.79 Å². The predicted octanol–water partition coefficient (Wildman–Crippen LogP) is 3.26. The molecule has 160 valence electrons. The number of amides is 1. The summed E-state index contributed by atoms with van der Waals surface area (Å²) in [5.41, 5.74) is 2.07. The van der Waals surface area contributed by atoms with Gasteiger partial charge in [-0.15, -0.1) is 5.10 Å². The summed E-state index contributed by atoms with van der Waals surface area (Å²) in [6, 6.07) is 7.84.